The number of thiophene rings is 1. The van der Waals surface area contributed by atoms with Crippen molar-refractivity contribution < 1.29 is 14.3 Å². The molecule has 3 aromatic rings. The lowest BCUT2D eigenvalue weighted by Gasteiger charge is -2.19. The van der Waals surface area contributed by atoms with Crippen LogP contribution in [0.4, 0.5) is 10.5 Å². The van der Waals surface area contributed by atoms with E-state index in [9.17, 15) is 9.59 Å². The van der Waals surface area contributed by atoms with Crippen LogP contribution < -0.4 is 15.0 Å². The number of urea groups is 1. The average molecular weight is 402 g/mol. The van der Waals surface area contributed by atoms with Gasteiger partial charge < -0.3 is 10.1 Å². The lowest BCUT2D eigenvalue weighted by atomic mass is 10.3. The number of carbonyl (C=O) groups is 2. The summed E-state index contributed by atoms with van der Waals surface area (Å²) in [6.07, 6.45) is 1.53. The van der Waals surface area contributed by atoms with Crippen molar-refractivity contribution in [2.75, 3.05) is 11.9 Å². The maximum atomic E-state index is 12.3. The first kappa shape index (κ1) is 19.1. The Morgan fingerprint density at radius 3 is 2.56 bits per heavy atom. The number of aromatic nitrogens is 1. The number of esters is 1. The number of thiazole rings is 1. The molecule has 3 rings (SSSR count). The van der Waals surface area contributed by atoms with Gasteiger partial charge in [-0.25, -0.2) is 14.6 Å². The van der Waals surface area contributed by atoms with Gasteiger partial charge in [-0.15, -0.1) is 22.7 Å². The van der Waals surface area contributed by atoms with Gasteiger partial charge in [0.25, 0.3) is 0 Å². The molecule has 0 saturated heterocycles. The number of carbonyl (C=O) groups excluding carboxylic acids is 2. The first-order chi connectivity index (χ1) is 12.9. The van der Waals surface area contributed by atoms with E-state index >= 15 is 0 Å². The fourth-order valence-corrected chi connectivity index (χ4v) is 3.84. The third-order valence-electron chi connectivity index (χ3n) is 3.59. The number of ether oxygens (including phenoxy) is 1. The van der Waals surface area contributed by atoms with E-state index in [1.807, 2.05) is 31.4 Å². The van der Waals surface area contributed by atoms with Crippen LogP contribution in [0.5, 0.6) is 5.75 Å². The molecule has 1 aromatic carbocycles. The quantitative estimate of drug-likeness (QED) is 0.499. The van der Waals surface area contributed by atoms with Crippen molar-refractivity contribution in [1.29, 1.82) is 0 Å². The van der Waals surface area contributed by atoms with Crippen LogP contribution in [0.1, 0.15) is 23.5 Å². The monoisotopic (exact) mass is 401 g/mol. The molecule has 0 fully saturated rings. The Balaban J connectivity index is 1.64. The molecule has 0 bridgehead atoms. The highest BCUT2D eigenvalue weighted by Gasteiger charge is 2.16. The van der Waals surface area contributed by atoms with Crippen LogP contribution in [0.3, 0.4) is 0 Å². The lowest BCUT2D eigenvalue weighted by Crippen LogP contribution is -2.40. The van der Waals surface area contributed by atoms with E-state index in [0.29, 0.717) is 16.3 Å². The van der Waals surface area contributed by atoms with Gasteiger partial charge in [0.15, 0.2) is 0 Å². The minimum atomic E-state index is -0.450. The maximum absolute atomic E-state index is 12.3. The summed E-state index contributed by atoms with van der Waals surface area (Å²) in [7, 11) is 1.68. The van der Waals surface area contributed by atoms with Gasteiger partial charge in [0.2, 0.25) is 0 Å². The Morgan fingerprint density at radius 1 is 1.19 bits per heavy atom. The molecule has 8 heteroatoms. The molecule has 140 valence electrons. The van der Waals surface area contributed by atoms with E-state index in [-0.39, 0.29) is 12.1 Å². The van der Waals surface area contributed by atoms with E-state index in [4.69, 9.17) is 4.74 Å². The molecular formula is C19H19N3O3S2. The van der Waals surface area contributed by atoms with Crippen molar-refractivity contribution in [1.82, 2.24) is 10.3 Å². The molecule has 6 nitrogen and oxygen atoms in total. The Kier molecular flexibility index (Phi) is 5.88. The molecule has 0 aliphatic rings. The minimum Gasteiger partial charge on any atom is -0.422 e. The predicted molar refractivity (Wildman–Crippen MR) is 109 cm³/mol. The molecule has 0 radical (unpaired) electrons. The van der Waals surface area contributed by atoms with Gasteiger partial charge in [0.1, 0.15) is 15.6 Å². The highest BCUT2D eigenvalue weighted by atomic mass is 32.1. The van der Waals surface area contributed by atoms with Gasteiger partial charge in [0, 0.05) is 18.8 Å². The van der Waals surface area contributed by atoms with Gasteiger partial charge in [-0.1, -0.05) is 6.07 Å². The van der Waals surface area contributed by atoms with Crippen molar-refractivity contribution in [3.63, 3.8) is 0 Å². The van der Waals surface area contributed by atoms with E-state index in [1.165, 1.54) is 22.4 Å². The maximum Gasteiger partial charge on any atom is 0.355 e. The first-order valence-corrected chi connectivity index (χ1v) is 10.00. The van der Waals surface area contributed by atoms with Crippen LogP contribution in [0.25, 0.3) is 9.88 Å². The second kappa shape index (κ2) is 8.32. The van der Waals surface area contributed by atoms with Crippen LogP contribution in [0.15, 0.2) is 48.0 Å². The normalized spacial score (nSPS) is 10.7. The third-order valence-corrected chi connectivity index (χ3v) is 5.61. The van der Waals surface area contributed by atoms with E-state index < -0.39 is 5.97 Å². The van der Waals surface area contributed by atoms with Gasteiger partial charge in [-0.05, 0) is 49.6 Å². The molecule has 2 heterocycles. The zero-order valence-electron chi connectivity index (χ0n) is 15.1. The van der Waals surface area contributed by atoms with Crippen LogP contribution in [0.2, 0.25) is 0 Å². The molecule has 2 aromatic heterocycles. The molecular weight excluding hydrogens is 382 g/mol. The average Bonchev–Trinajstić information content (AvgIpc) is 3.32. The van der Waals surface area contributed by atoms with Crippen molar-refractivity contribution in [2.45, 2.75) is 19.9 Å². The van der Waals surface area contributed by atoms with Crippen molar-refractivity contribution in [3.05, 3.63) is 52.9 Å². The summed E-state index contributed by atoms with van der Waals surface area (Å²) < 4.78 is 5.41. The number of nitrogens with one attached hydrogen (secondary N) is 1. The van der Waals surface area contributed by atoms with Crippen LogP contribution in [-0.4, -0.2) is 30.1 Å². The molecule has 27 heavy (non-hydrogen) atoms. The van der Waals surface area contributed by atoms with Gasteiger partial charge in [-0.3, -0.25) is 4.90 Å². The topological polar surface area (TPSA) is 71.5 Å². The molecule has 0 aliphatic carbocycles. The van der Waals surface area contributed by atoms with E-state index in [1.54, 1.807) is 42.6 Å². The predicted octanol–water partition coefficient (Wildman–Crippen LogP) is 4.65. The molecule has 0 spiro atoms. The highest BCUT2D eigenvalue weighted by Crippen LogP contribution is 2.29. The smallest absolute Gasteiger partial charge is 0.355 e. The van der Waals surface area contributed by atoms with Crippen LogP contribution in [0, 0.1) is 0 Å². The Morgan fingerprint density at radius 2 is 1.93 bits per heavy atom. The Bertz CT molecular complexity index is 918. The zero-order valence-corrected chi connectivity index (χ0v) is 16.8. The number of nitrogens with zero attached hydrogens (tertiary/aromatic N) is 2. The third kappa shape index (κ3) is 4.72. The van der Waals surface area contributed by atoms with Crippen LogP contribution >= 0.6 is 22.7 Å². The summed E-state index contributed by atoms with van der Waals surface area (Å²) in [5, 5.41) is 5.58. The van der Waals surface area contributed by atoms with Gasteiger partial charge in [0.05, 0.1) is 11.1 Å². The van der Waals surface area contributed by atoms with Crippen LogP contribution in [-0.2, 0) is 0 Å². The van der Waals surface area contributed by atoms with E-state index in [0.717, 1.165) is 9.88 Å². The summed E-state index contributed by atoms with van der Waals surface area (Å²) in [4.78, 5) is 31.6. The molecule has 0 atom stereocenters. The second-order valence-electron chi connectivity index (χ2n) is 6.05. The first-order valence-electron chi connectivity index (χ1n) is 8.30. The minimum absolute atomic E-state index is 0.0543. The molecule has 1 N–H and O–H groups in total. The molecule has 0 saturated carbocycles. The fraction of sp³-hybridized carbons (Fsp3) is 0.211. The van der Waals surface area contributed by atoms with Crippen molar-refractivity contribution >= 4 is 40.4 Å². The zero-order chi connectivity index (χ0) is 19.4. The summed E-state index contributed by atoms with van der Waals surface area (Å²) in [6.45, 7) is 3.80. The van der Waals surface area contributed by atoms with E-state index in [2.05, 4.69) is 10.3 Å². The number of hydrogen-bond donors (Lipinski definition) is 1. The lowest BCUT2D eigenvalue weighted by molar-refractivity contribution is 0.0739. The fourth-order valence-electron chi connectivity index (χ4n) is 2.24. The summed E-state index contributed by atoms with van der Waals surface area (Å²) in [6, 6.07) is 10.5. The largest absolute Gasteiger partial charge is 0.422 e. The summed E-state index contributed by atoms with van der Waals surface area (Å²) >= 11 is 2.87. The Hall–Kier alpha value is -2.71. The van der Waals surface area contributed by atoms with Gasteiger partial charge in [-0.2, -0.15) is 0 Å². The van der Waals surface area contributed by atoms with Crippen molar-refractivity contribution in [3.8, 4) is 15.6 Å². The molecule has 0 aliphatic heterocycles. The number of hydrogen-bond acceptors (Lipinski definition) is 6. The SMILES string of the molecule is CC(C)NC(=O)N(C)c1ccc(OC(=O)c2cnc(-c3cccs3)s2)cc1. The second-order valence-corrected chi connectivity index (χ2v) is 8.03. The number of benzene rings is 1. The Labute approximate surface area is 165 Å². The number of anilines is 1. The summed E-state index contributed by atoms with van der Waals surface area (Å²) in [5.41, 5.74) is 0.700. The summed E-state index contributed by atoms with van der Waals surface area (Å²) in [5.74, 6) is -0.0403. The highest BCUT2D eigenvalue weighted by molar-refractivity contribution is 7.21. The van der Waals surface area contributed by atoms with Gasteiger partial charge >= 0.3 is 12.0 Å². The standard InChI is InChI=1S/C19H19N3O3S2/c1-12(2)21-19(24)22(3)13-6-8-14(9-7-13)25-18(23)16-11-20-17(27-16)15-5-4-10-26-15/h4-12H,1-3H3,(H,21,24). The van der Waals surface area contributed by atoms with Crippen molar-refractivity contribution in [2.24, 2.45) is 0 Å². The molecule has 0 unspecified atom stereocenters. The number of amides is 2. The molecule has 2 amide bonds. The number of rotatable bonds is 5.